The van der Waals surface area contributed by atoms with Crippen molar-refractivity contribution in [3.8, 4) is 0 Å². The van der Waals surface area contributed by atoms with Crippen molar-refractivity contribution in [3.63, 3.8) is 0 Å². The Morgan fingerprint density at radius 2 is 2.00 bits per heavy atom. The molecule has 0 saturated carbocycles. The Labute approximate surface area is 83.2 Å². The molecule has 2 amide bonds. The topological polar surface area (TPSA) is 49.4 Å². The Balaban J connectivity index is 3.85. The first-order valence-corrected chi connectivity index (χ1v) is 4.60. The molecular weight excluding hydrogens is 192 g/mol. The number of hydrogen-bond acceptors (Lipinski definition) is 2. The summed E-state index contributed by atoms with van der Waals surface area (Å²) in [5.41, 5.74) is 0. The Kier molecular flexibility index (Phi) is 5.46. The fraction of sp³-hybridized carbons (Fsp3) is 0.750. The van der Waals surface area contributed by atoms with Crippen LogP contribution in [-0.4, -0.2) is 42.2 Å². The van der Waals surface area contributed by atoms with Gasteiger partial charge in [-0.3, -0.25) is 9.59 Å². The molecule has 5 heteroatoms. The van der Waals surface area contributed by atoms with Gasteiger partial charge < -0.3 is 10.2 Å². The molecule has 0 aromatic carbocycles. The van der Waals surface area contributed by atoms with E-state index < -0.39 is 0 Å². The van der Waals surface area contributed by atoms with Gasteiger partial charge in [0.2, 0.25) is 11.8 Å². The third kappa shape index (κ3) is 5.47. The highest BCUT2D eigenvalue weighted by atomic mass is 35.5. The van der Waals surface area contributed by atoms with Crippen molar-refractivity contribution in [2.24, 2.45) is 0 Å². The van der Waals surface area contributed by atoms with E-state index in [9.17, 15) is 9.59 Å². The first-order chi connectivity index (χ1) is 5.97. The maximum Gasteiger partial charge on any atom is 0.239 e. The lowest BCUT2D eigenvalue weighted by Gasteiger charge is -2.16. The Bertz CT molecular complexity index is 195. The van der Waals surface area contributed by atoms with Crippen LogP contribution in [0.3, 0.4) is 0 Å². The average molecular weight is 207 g/mol. The van der Waals surface area contributed by atoms with Gasteiger partial charge in [0.15, 0.2) is 0 Å². The molecule has 0 aliphatic rings. The summed E-state index contributed by atoms with van der Waals surface area (Å²) in [6, 6.07) is 0.0898. The monoisotopic (exact) mass is 206 g/mol. The molecule has 4 nitrogen and oxygen atoms in total. The van der Waals surface area contributed by atoms with Crippen LogP contribution in [0.4, 0.5) is 0 Å². The second-order valence-corrected chi connectivity index (χ2v) is 3.37. The van der Waals surface area contributed by atoms with Gasteiger partial charge >= 0.3 is 0 Å². The zero-order valence-corrected chi connectivity index (χ0v) is 8.89. The average Bonchev–Trinajstić information content (AvgIpc) is 2.01. The highest BCUT2D eigenvalue weighted by Crippen LogP contribution is 1.88. The predicted molar refractivity (Wildman–Crippen MR) is 51.6 cm³/mol. The van der Waals surface area contributed by atoms with E-state index in [0.717, 1.165) is 0 Å². The van der Waals surface area contributed by atoms with Crippen LogP contribution in [0.1, 0.15) is 13.8 Å². The number of carbonyl (C=O) groups excluding carboxylic acids is 2. The van der Waals surface area contributed by atoms with E-state index in [-0.39, 0.29) is 30.3 Å². The number of likely N-dealkylation sites (N-methyl/N-ethyl adjacent to an activating group) is 1. The Hall–Kier alpha value is -0.770. The molecule has 0 radical (unpaired) electrons. The van der Waals surface area contributed by atoms with Crippen LogP contribution in [0.2, 0.25) is 0 Å². The summed E-state index contributed by atoms with van der Waals surface area (Å²) in [6.45, 7) is 3.78. The zero-order chi connectivity index (χ0) is 10.4. The summed E-state index contributed by atoms with van der Waals surface area (Å²) in [5, 5.41) is 2.68. The Morgan fingerprint density at radius 1 is 1.46 bits per heavy atom. The van der Waals surface area contributed by atoms with Crippen molar-refractivity contribution >= 4 is 23.4 Å². The summed E-state index contributed by atoms with van der Waals surface area (Å²) in [5.74, 6) is -0.512. The maximum absolute atomic E-state index is 11.1. The fourth-order valence-electron chi connectivity index (χ4n) is 0.773. The summed E-state index contributed by atoms with van der Waals surface area (Å²) in [4.78, 5) is 23.4. The summed E-state index contributed by atoms with van der Waals surface area (Å²) < 4.78 is 0. The minimum atomic E-state index is -0.249. The lowest BCUT2D eigenvalue weighted by atomic mass is 10.4. The first-order valence-electron chi connectivity index (χ1n) is 4.06. The number of amides is 2. The lowest BCUT2D eigenvalue weighted by molar-refractivity contribution is -0.133. The van der Waals surface area contributed by atoms with Crippen LogP contribution >= 0.6 is 11.6 Å². The van der Waals surface area contributed by atoms with Gasteiger partial charge in [-0.2, -0.15) is 0 Å². The summed E-state index contributed by atoms with van der Waals surface area (Å²) >= 11 is 5.31. The van der Waals surface area contributed by atoms with Gasteiger partial charge in [-0.25, -0.2) is 0 Å². The van der Waals surface area contributed by atoms with E-state index in [4.69, 9.17) is 11.6 Å². The molecule has 0 aliphatic heterocycles. The van der Waals surface area contributed by atoms with E-state index in [1.165, 1.54) is 4.90 Å². The second-order valence-electron chi connectivity index (χ2n) is 3.11. The number of hydrogen-bond donors (Lipinski definition) is 1. The summed E-state index contributed by atoms with van der Waals surface area (Å²) in [7, 11) is 1.55. The number of alkyl halides is 1. The van der Waals surface area contributed by atoms with Crippen LogP contribution in [0.5, 0.6) is 0 Å². The first kappa shape index (κ1) is 12.2. The standard InChI is InChI=1S/C8H15ClN2O2/c1-6(2)10-7(12)5-11(3)8(13)4-9/h6H,4-5H2,1-3H3,(H,10,12). The molecule has 1 N–H and O–H groups in total. The molecule has 0 rings (SSSR count). The number of carbonyl (C=O) groups is 2. The molecule has 0 fully saturated rings. The van der Waals surface area contributed by atoms with Crippen LogP contribution < -0.4 is 5.32 Å². The normalized spacial score (nSPS) is 9.92. The van der Waals surface area contributed by atoms with Gasteiger partial charge in [0.05, 0.1) is 6.54 Å². The lowest BCUT2D eigenvalue weighted by Crippen LogP contribution is -2.41. The van der Waals surface area contributed by atoms with Crippen molar-refractivity contribution in [1.82, 2.24) is 10.2 Å². The largest absolute Gasteiger partial charge is 0.352 e. The molecule has 0 aromatic rings. The fourth-order valence-corrected chi connectivity index (χ4v) is 0.977. The van der Waals surface area contributed by atoms with Crippen molar-refractivity contribution in [3.05, 3.63) is 0 Å². The molecule has 0 unspecified atom stereocenters. The number of halogens is 1. The minimum Gasteiger partial charge on any atom is -0.352 e. The SMILES string of the molecule is CC(C)NC(=O)CN(C)C(=O)CCl. The molecule has 0 aromatic heterocycles. The molecule has 76 valence electrons. The molecule has 0 aliphatic carbocycles. The van der Waals surface area contributed by atoms with Crippen molar-refractivity contribution in [2.45, 2.75) is 19.9 Å². The van der Waals surface area contributed by atoms with Gasteiger partial charge in [0.25, 0.3) is 0 Å². The van der Waals surface area contributed by atoms with Gasteiger partial charge in [-0.15, -0.1) is 11.6 Å². The number of nitrogens with one attached hydrogen (secondary N) is 1. The molecular formula is C8H15ClN2O2. The van der Waals surface area contributed by atoms with Gasteiger partial charge in [-0.1, -0.05) is 0 Å². The maximum atomic E-state index is 11.1. The smallest absolute Gasteiger partial charge is 0.239 e. The third-order valence-electron chi connectivity index (χ3n) is 1.37. The second kappa shape index (κ2) is 5.80. The van der Waals surface area contributed by atoms with Gasteiger partial charge in [-0.05, 0) is 13.8 Å². The highest BCUT2D eigenvalue weighted by molar-refractivity contribution is 6.27. The Morgan fingerprint density at radius 3 is 2.38 bits per heavy atom. The van der Waals surface area contributed by atoms with Gasteiger partial charge in [0.1, 0.15) is 5.88 Å². The molecule has 0 spiro atoms. The highest BCUT2D eigenvalue weighted by Gasteiger charge is 2.11. The predicted octanol–water partition coefficient (Wildman–Crippen LogP) is 0.208. The van der Waals surface area contributed by atoms with E-state index in [1.54, 1.807) is 7.05 Å². The molecule has 0 saturated heterocycles. The van der Waals surface area contributed by atoms with Crippen LogP contribution in [-0.2, 0) is 9.59 Å². The van der Waals surface area contributed by atoms with Crippen LogP contribution in [0.25, 0.3) is 0 Å². The van der Waals surface area contributed by atoms with E-state index in [2.05, 4.69) is 5.32 Å². The number of rotatable bonds is 4. The van der Waals surface area contributed by atoms with E-state index in [0.29, 0.717) is 0 Å². The van der Waals surface area contributed by atoms with Crippen LogP contribution in [0, 0.1) is 0 Å². The molecule has 13 heavy (non-hydrogen) atoms. The minimum absolute atomic E-state index is 0.0593. The molecule has 0 bridgehead atoms. The third-order valence-corrected chi connectivity index (χ3v) is 1.60. The van der Waals surface area contributed by atoms with Crippen molar-refractivity contribution < 1.29 is 9.59 Å². The van der Waals surface area contributed by atoms with E-state index >= 15 is 0 Å². The quantitative estimate of drug-likeness (QED) is 0.669. The van der Waals surface area contributed by atoms with Crippen molar-refractivity contribution in [1.29, 1.82) is 0 Å². The van der Waals surface area contributed by atoms with Crippen molar-refractivity contribution in [2.75, 3.05) is 19.5 Å². The van der Waals surface area contributed by atoms with Gasteiger partial charge in [0, 0.05) is 13.1 Å². The molecule has 0 atom stereocenters. The summed E-state index contributed by atoms with van der Waals surface area (Å²) in [6.07, 6.45) is 0. The van der Waals surface area contributed by atoms with E-state index in [1.807, 2.05) is 13.8 Å². The number of nitrogens with zero attached hydrogens (tertiary/aromatic N) is 1. The molecule has 0 heterocycles. The zero-order valence-electron chi connectivity index (χ0n) is 8.13. The van der Waals surface area contributed by atoms with Crippen LogP contribution in [0.15, 0.2) is 0 Å².